The summed E-state index contributed by atoms with van der Waals surface area (Å²) in [4.78, 5) is 0. The van der Waals surface area contributed by atoms with Gasteiger partial charge in [0.1, 0.15) is 0 Å². The van der Waals surface area contributed by atoms with Gasteiger partial charge in [0.05, 0.1) is 18.7 Å². The third-order valence-electron chi connectivity index (χ3n) is 2.29. The van der Waals surface area contributed by atoms with Gasteiger partial charge in [-0.1, -0.05) is 6.08 Å². The standard InChI is InChI=1S/C13H16BrN3O2S/c1-4-5-15-13(20)17-16-8-9-6-10(14)12(19-3)11(7-9)18-2/h4,6-8H,1,5H2,2-3H3,(H2,15,17,20)/p+1. The number of nitrogens with one attached hydrogen (secondary N) is 3. The van der Waals surface area contributed by atoms with Crippen molar-refractivity contribution < 1.29 is 14.6 Å². The highest BCUT2D eigenvalue weighted by atomic mass is 79.9. The molecule has 0 aromatic heterocycles. The van der Waals surface area contributed by atoms with E-state index in [1.165, 1.54) is 0 Å². The van der Waals surface area contributed by atoms with Crippen molar-refractivity contribution in [2.24, 2.45) is 0 Å². The first-order valence-electron chi connectivity index (χ1n) is 5.77. The highest BCUT2D eigenvalue weighted by molar-refractivity contribution is 9.10. The Bertz CT molecular complexity index is 521. The van der Waals surface area contributed by atoms with Gasteiger partial charge in [-0.05, 0) is 40.3 Å². The second-order valence-electron chi connectivity index (χ2n) is 3.65. The molecule has 0 unspecified atom stereocenters. The molecule has 1 aromatic carbocycles. The fourth-order valence-electron chi connectivity index (χ4n) is 1.42. The molecule has 0 atom stereocenters. The number of hydrogen-bond donors (Lipinski definition) is 3. The van der Waals surface area contributed by atoms with E-state index in [9.17, 15) is 0 Å². The van der Waals surface area contributed by atoms with E-state index in [1.54, 1.807) is 26.5 Å². The van der Waals surface area contributed by atoms with Crippen molar-refractivity contribution in [1.29, 1.82) is 0 Å². The molecule has 0 amide bonds. The van der Waals surface area contributed by atoms with Gasteiger partial charge in [0.25, 0.3) is 0 Å². The summed E-state index contributed by atoms with van der Waals surface area (Å²) in [6.45, 7) is 4.20. The molecule has 20 heavy (non-hydrogen) atoms. The van der Waals surface area contributed by atoms with Crippen LogP contribution in [0.15, 0.2) is 29.3 Å². The Morgan fingerprint density at radius 2 is 2.20 bits per heavy atom. The van der Waals surface area contributed by atoms with E-state index >= 15 is 0 Å². The zero-order valence-corrected chi connectivity index (χ0v) is 13.7. The molecular weight excluding hydrogens is 342 g/mol. The van der Waals surface area contributed by atoms with E-state index in [2.05, 4.69) is 38.4 Å². The van der Waals surface area contributed by atoms with Crippen molar-refractivity contribution in [2.45, 2.75) is 0 Å². The Kier molecular flexibility index (Phi) is 7.03. The van der Waals surface area contributed by atoms with Gasteiger partial charge >= 0.3 is 0 Å². The molecule has 0 aliphatic carbocycles. The van der Waals surface area contributed by atoms with E-state index in [-0.39, 0.29) is 0 Å². The van der Waals surface area contributed by atoms with Gasteiger partial charge in [-0.2, -0.15) is 0 Å². The quantitative estimate of drug-likeness (QED) is 0.300. The lowest BCUT2D eigenvalue weighted by Gasteiger charge is -2.09. The molecule has 0 saturated carbocycles. The number of methoxy groups -OCH3 is 2. The Labute approximate surface area is 132 Å². The summed E-state index contributed by atoms with van der Waals surface area (Å²) >= 11 is 8.47. The second kappa shape index (κ2) is 8.55. The van der Waals surface area contributed by atoms with Crippen LogP contribution in [-0.4, -0.2) is 32.1 Å². The molecule has 0 heterocycles. The number of halogens is 1. The van der Waals surface area contributed by atoms with Gasteiger partial charge < -0.3 is 14.8 Å². The third-order valence-corrected chi connectivity index (χ3v) is 3.12. The monoisotopic (exact) mass is 358 g/mol. The first-order chi connectivity index (χ1) is 9.62. The molecule has 3 N–H and O–H groups in total. The largest absolute Gasteiger partial charge is 0.493 e. The molecule has 1 aromatic rings. The smallest absolute Gasteiger partial charge is 0.224 e. The van der Waals surface area contributed by atoms with Gasteiger partial charge in [-0.25, -0.2) is 0 Å². The Balaban J connectivity index is 2.75. The zero-order valence-electron chi connectivity index (χ0n) is 11.3. The van der Waals surface area contributed by atoms with Crippen molar-refractivity contribution in [3.05, 3.63) is 34.8 Å². The Morgan fingerprint density at radius 1 is 1.45 bits per heavy atom. The van der Waals surface area contributed by atoms with Crippen molar-refractivity contribution in [1.82, 2.24) is 10.7 Å². The van der Waals surface area contributed by atoms with Crippen molar-refractivity contribution >= 4 is 39.5 Å². The van der Waals surface area contributed by atoms with E-state index in [0.29, 0.717) is 23.2 Å². The van der Waals surface area contributed by atoms with E-state index in [0.717, 1.165) is 10.0 Å². The number of thiocarbonyl (C=S) groups is 1. The molecule has 0 aliphatic rings. The molecule has 5 nitrogen and oxygen atoms in total. The third kappa shape index (κ3) is 4.82. The van der Waals surface area contributed by atoms with Crippen LogP contribution in [0.1, 0.15) is 5.56 Å². The Morgan fingerprint density at radius 3 is 2.80 bits per heavy atom. The number of ether oxygens (including phenoxy) is 2. The van der Waals surface area contributed by atoms with Crippen molar-refractivity contribution in [3.8, 4) is 11.5 Å². The molecule has 0 aliphatic heterocycles. The average Bonchev–Trinajstić information content (AvgIpc) is 2.44. The summed E-state index contributed by atoms with van der Waals surface area (Å²) in [7, 11) is 3.18. The molecule has 108 valence electrons. The maximum absolute atomic E-state index is 5.27. The lowest BCUT2D eigenvalue weighted by molar-refractivity contribution is -0.500. The zero-order chi connectivity index (χ0) is 15.0. The second-order valence-corrected chi connectivity index (χ2v) is 4.91. The van der Waals surface area contributed by atoms with Gasteiger partial charge in [0.15, 0.2) is 17.7 Å². The van der Waals surface area contributed by atoms with Gasteiger partial charge in [0, 0.05) is 12.1 Å². The van der Waals surface area contributed by atoms with Crippen LogP contribution in [0.4, 0.5) is 0 Å². The van der Waals surface area contributed by atoms with Crippen LogP contribution in [0.2, 0.25) is 0 Å². The van der Waals surface area contributed by atoms with Crippen LogP contribution in [0.5, 0.6) is 11.5 Å². The van der Waals surface area contributed by atoms with Gasteiger partial charge in [-0.15, -0.1) is 17.1 Å². The summed E-state index contributed by atoms with van der Waals surface area (Å²) in [5, 5.41) is 6.32. The fraction of sp³-hybridized carbons (Fsp3) is 0.231. The minimum atomic E-state index is 0.487. The highest BCUT2D eigenvalue weighted by Crippen LogP contribution is 2.35. The fourth-order valence-corrected chi connectivity index (χ4v) is 2.18. The number of hydrazone groups is 1. The van der Waals surface area contributed by atoms with E-state index in [1.807, 2.05) is 12.1 Å². The van der Waals surface area contributed by atoms with Crippen LogP contribution < -0.4 is 25.3 Å². The molecule has 0 bridgehead atoms. The summed E-state index contributed by atoms with van der Waals surface area (Å²) in [6, 6.07) is 3.74. The van der Waals surface area contributed by atoms with Crippen molar-refractivity contribution in [3.63, 3.8) is 0 Å². The molecule has 0 saturated heterocycles. The molecular formula is C13H17BrN3O2S+. The van der Waals surface area contributed by atoms with Crippen LogP contribution in [-0.2, 0) is 0 Å². The first kappa shape index (κ1) is 16.5. The van der Waals surface area contributed by atoms with E-state index < -0.39 is 0 Å². The summed E-state index contributed by atoms with van der Waals surface area (Å²) in [5.41, 5.74) is 3.73. The predicted octanol–water partition coefficient (Wildman–Crippen LogP) is 0.531. The normalized spacial score (nSPS) is 10.2. The highest BCUT2D eigenvalue weighted by Gasteiger charge is 2.10. The van der Waals surface area contributed by atoms with Crippen LogP contribution >= 0.6 is 28.1 Å². The minimum absolute atomic E-state index is 0.487. The maximum atomic E-state index is 5.27. The first-order valence-corrected chi connectivity index (χ1v) is 6.97. The maximum Gasteiger partial charge on any atom is 0.224 e. The molecule has 0 spiro atoms. The van der Waals surface area contributed by atoms with Gasteiger partial charge in [0.2, 0.25) is 5.11 Å². The molecule has 0 fully saturated rings. The summed E-state index contributed by atoms with van der Waals surface area (Å²) in [6.07, 6.45) is 3.48. The Hall–Kier alpha value is -1.60. The number of rotatable bonds is 6. The lowest BCUT2D eigenvalue weighted by Crippen LogP contribution is -2.82. The van der Waals surface area contributed by atoms with E-state index in [4.69, 9.17) is 21.7 Å². The number of hydrazine groups is 1. The number of benzene rings is 1. The predicted molar refractivity (Wildman–Crippen MR) is 87.3 cm³/mol. The minimum Gasteiger partial charge on any atom is -0.493 e. The number of hydrogen-bond acceptors (Lipinski definition) is 3. The summed E-state index contributed by atoms with van der Waals surface area (Å²) in [5.74, 6) is 1.29. The topological polar surface area (TPSA) is 56.5 Å². The lowest BCUT2D eigenvalue weighted by atomic mass is 10.2. The van der Waals surface area contributed by atoms with Crippen LogP contribution in [0.3, 0.4) is 0 Å². The van der Waals surface area contributed by atoms with Gasteiger partial charge in [-0.3, -0.25) is 0 Å². The average molecular weight is 359 g/mol. The van der Waals surface area contributed by atoms with Crippen molar-refractivity contribution in [2.75, 3.05) is 20.8 Å². The van der Waals surface area contributed by atoms with Crippen LogP contribution in [0.25, 0.3) is 0 Å². The molecule has 1 rings (SSSR count). The molecule has 7 heteroatoms. The van der Waals surface area contributed by atoms with Crippen LogP contribution in [0, 0.1) is 0 Å². The molecule has 0 radical (unpaired) electrons. The SMILES string of the molecule is C=CCNC(=S)N[NH+]=Cc1cc(Br)c(OC)c(OC)c1. The summed E-state index contributed by atoms with van der Waals surface area (Å²) < 4.78 is 11.3.